The molecule has 4 nitrogen and oxygen atoms in total. The molecule has 0 aliphatic carbocycles. The van der Waals surface area contributed by atoms with Crippen molar-refractivity contribution in [2.24, 2.45) is 0 Å². The lowest BCUT2D eigenvalue weighted by Gasteiger charge is -2.06. The molecule has 3 aromatic rings. The van der Waals surface area contributed by atoms with Gasteiger partial charge in [-0.15, -0.1) is 0 Å². The summed E-state index contributed by atoms with van der Waals surface area (Å²) in [7, 11) is 0. The fourth-order valence-corrected chi connectivity index (χ4v) is 1.93. The maximum atomic E-state index is 13.1. The Morgan fingerprint density at radius 3 is 2.52 bits per heavy atom. The summed E-state index contributed by atoms with van der Waals surface area (Å²) in [5.74, 6) is -0.00425. The average Bonchev–Trinajstić information content (AvgIpc) is 2.49. The van der Waals surface area contributed by atoms with Gasteiger partial charge in [0.25, 0.3) is 0 Å². The lowest BCUT2D eigenvalue weighted by Crippen LogP contribution is -1.93. The van der Waals surface area contributed by atoms with Gasteiger partial charge in [-0.1, -0.05) is 12.1 Å². The van der Waals surface area contributed by atoms with Crippen LogP contribution < -0.4 is 4.74 Å². The topological polar surface area (TPSA) is 47.9 Å². The van der Waals surface area contributed by atoms with Crippen LogP contribution in [0, 0.1) is 12.7 Å². The fraction of sp³-hybridized carbons (Fsp3) is 0.0625. The maximum Gasteiger partial charge on any atom is 0.321 e. The van der Waals surface area contributed by atoms with Crippen molar-refractivity contribution in [1.82, 2.24) is 15.0 Å². The maximum absolute atomic E-state index is 13.1. The van der Waals surface area contributed by atoms with Crippen molar-refractivity contribution in [3.05, 3.63) is 66.5 Å². The van der Waals surface area contributed by atoms with E-state index in [0.717, 1.165) is 16.8 Å². The Morgan fingerprint density at radius 1 is 1.00 bits per heavy atom. The number of hydrogen-bond donors (Lipinski definition) is 0. The van der Waals surface area contributed by atoms with Crippen LogP contribution >= 0.6 is 0 Å². The first-order chi connectivity index (χ1) is 10.2. The summed E-state index contributed by atoms with van der Waals surface area (Å²) >= 11 is 0. The molecule has 0 saturated heterocycles. The minimum absolute atomic E-state index is 0.172. The molecule has 5 heteroatoms. The van der Waals surface area contributed by atoms with Gasteiger partial charge in [-0.25, -0.2) is 14.4 Å². The summed E-state index contributed by atoms with van der Waals surface area (Å²) < 4.78 is 18.5. The van der Waals surface area contributed by atoms with Gasteiger partial charge in [-0.05, 0) is 25.1 Å². The van der Waals surface area contributed by atoms with Crippen LogP contribution in [0.1, 0.15) is 5.69 Å². The zero-order valence-electron chi connectivity index (χ0n) is 11.3. The molecule has 0 unspecified atom stereocenters. The first-order valence-corrected chi connectivity index (χ1v) is 6.40. The number of rotatable bonds is 3. The van der Waals surface area contributed by atoms with Crippen molar-refractivity contribution < 1.29 is 9.13 Å². The molecule has 0 saturated carbocycles. The Bertz CT molecular complexity index is 759. The summed E-state index contributed by atoms with van der Waals surface area (Å²) in [5, 5.41) is 0. The molecule has 104 valence electrons. The van der Waals surface area contributed by atoms with Gasteiger partial charge in [0.05, 0.1) is 0 Å². The van der Waals surface area contributed by atoms with E-state index < -0.39 is 0 Å². The van der Waals surface area contributed by atoms with Gasteiger partial charge in [-0.3, -0.25) is 4.98 Å². The monoisotopic (exact) mass is 281 g/mol. The highest BCUT2D eigenvalue weighted by atomic mass is 19.1. The first kappa shape index (κ1) is 13.2. The van der Waals surface area contributed by atoms with Gasteiger partial charge < -0.3 is 4.74 Å². The molecule has 0 bridgehead atoms. The molecule has 0 amide bonds. The molecule has 0 aliphatic heterocycles. The average molecular weight is 281 g/mol. The third-order valence-electron chi connectivity index (χ3n) is 2.95. The molecule has 21 heavy (non-hydrogen) atoms. The Hall–Kier alpha value is -2.82. The highest BCUT2D eigenvalue weighted by Crippen LogP contribution is 2.23. The number of aromatic nitrogens is 3. The summed E-state index contributed by atoms with van der Waals surface area (Å²) in [6.07, 6.45) is 5.05. The van der Waals surface area contributed by atoms with Crippen LogP contribution in [0.15, 0.2) is 55.0 Å². The number of hydrogen-bond acceptors (Lipinski definition) is 4. The zero-order chi connectivity index (χ0) is 14.7. The molecule has 0 aliphatic rings. The van der Waals surface area contributed by atoms with E-state index in [2.05, 4.69) is 15.0 Å². The smallest absolute Gasteiger partial charge is 0.321 e. The normalized spacial score (nSPS) is 10.4. The first-order valence-electron chi connectivity index (χ1n) is 6.40. The van der Waals surface area contributed by atoms with Crippen LogP contribution in [0.2, 0.25) is 0 Å². The molecular formula is C16H12FN3O. The standard InChI is InChI=1S/C16H12FN3O/c1-11-15(6-3-7-18-11)12-9-19-16(20-10-12)21-14-5-2-4-13(17)8-14/h2-10H,1H3. The SMILES string of the molecule is Cc1ncccc1-c1cnc(Oc2cccc(F)c2)nc1. The van der Waals surface area contributed by atoms with Crippen molar-refractivity contribution in [1.29, 1.82) is 0 Å². The molecular weight excluding hydrogens is 269 g/mol. The predicted molar refractivity (Wildman–Crippen MR) is 76.5 cm³/mol. The van der Waals surface area contributed by atoms with Crippen LogP contribution in [0.25, 0.3) is 11.1 Å². The molecule has 0 fully saturated rings. The molecule has 0 atom stereocenters. The second-order valence-corrected chi connectivity index (χ2v) is 4.45. The van der Waals surface area contributed by atoms with Crippen LogP contribution in [0.4, 0.5) is 4.39 Å². The number of pyridine rings is 1. The highest BCUT2D eigenvalue weighted by Gasteiger charge is 2.05. The van der Waals surface area contributed by atoms with Gasteiger partial charge in [0.15, 0.2) is 0 Å². The van der Waals surface area contributed by atoms with Crippen molar-refractivity contribution in [3.63, 3.8) is 0 Å². The molecule has 0 radical (unpaired) electrons. The quantitative estimate of drug-likeness (QED) is 0.733. The van der Waals surface area contributed by atoms with E-state index in [0.29, 0.717) is 5.75 Å². The van der Waals surface area contributed by atoms with Gasteiger partial charge >= 0.3 is 6.01 Å². The number of nitrogens with zero attached hydrogens (tertiary/aromatic N) is 3. The Balaban J connectivity index is 1.83. The van der Waals surface area contributed by atoms with Gasteiger partial charge in [0.2, 0.25) is 0 Å². The largest absolute Gasteiger partial charge is 0.424 e. The lowest BCUT2D eigenvalue weighted by atomic mass is 10.1. The molecule has 2 aromatic heterocycles. The Labute approximate surface area is 121 Å². The van der Waals surface area contributed by atoms with Crippen LogP contribution in [-0.4, -0.2) is 15.0 Å². The van der Waals surface area contributed by atoms with E-state index in [1.54, 1.807) is 30.7 Å². The van der Waals surface area contributed by atoms with Crippen molar-refractivity contribution in [2.45, 2.75) is 6.92 Å². The lowest BCUT2D eigenvalue weighted by molar-refractivity contribution is 0.438. The number of halogens is 1. The van der Waals surface area contributed by atoms with Gasteiger partial charge in [0, 0.05) is 41.5 Å². The van der Waals surface area contributed by atoms with E-state index >= 15 is 0 Å². The van der Waals surface area contributed by atoms with Gasteiger partial charge in [-0.2, -0.15) is 0 Å². The van der Waals surface area contributed by atoms with Crippen LogP contribution in [0.3, 0.4) is 0 Å². The zero-order valence-corrected chi connectivity index (χ0v) is 11.3. The molecule has 1 aromatic carbocycles. The molecule has 0 spiro atoms. The van der Waals surface area contributed by atoms with E-state index in [-0.39, 0.29) is 11.8 Å². The van der Waals surface area contributed by atoms with Crippen molar-refractivity contribution in [2.75, 3.05) is 0 Å². The summed E-state index contributed by atoms with van der Waals surface area (Å²) in [6, 6.07) is 9.83. The minimum atomic E-state index is -0.366. The second kappa shape index (κ2) is 5.66. The highest BCUT2D eigenvalue weighted by molar-refractivity contribution is 5.63. The third-order valence-corrected chi connectivity index (χ3v) is 2.95. The number of ether oxygens (including phenoxy) is 1. The molecule has 0 N–H and O–H groups in total. The minimum Gasteiger partial charge on any atom is -0.424 e. The van der Waals surface area contributed by atoms with E-state index in [4.69, 9.17) is 4.74 Å². The molecule has 3 rings (SSSR count). The van der Waals surface area contributed by atoms with E-state index in [1.807, 2.05) is 19.1 Å². The number of benzene rings is 1. The number of aryl methyl sites for hydroxylation is 1. The fourth-order valence-electron chi connectivity index (χ4n) is 1.93. The van der Waals surface area contributed by atoms with Gasteiger partial charge in [0.1, 0.15) is 11.6 Å². The van der Waals surface area contributed by atoms with Crippen LogP contribution in [0.5, 0.6) is 11.8 Å². The Kier molecular flexibility index (Phi) is 3.55. The Morgan fingerprint density at radius 2 is 1.81 bits per heavy atom. The van der Waals surface area contributed by atoms with E-state index in [1.165, 1.54) is 12.1 Å². The van der Waals surface area contributed by atoms with Crippen molar-refractivity contribution in [3.8, 4) is 22.9 Å². The molecule has 2 heterocycles. The second-order valence-electron chi connectivity index (χ2n) is 4.45. The summed E-state index contributed by atoms with van der Waals surface area (Å²) in [5.41, 5.74) is 2.72. The van der Waals surface area contributed by atoms with Crippen LogP contribution in [-0.2, 0) is 0 Å². The third kappa shape index (κ3) is 3.02. The summed E-state index contributed by atoms with van der Waals surface area (Å²) in [4.78, 5) is 12.5. The van der Waals surface area contributed by atoms with E-state index in [9.17, 15) is 4.39 Å². The van der Waals surface area contributed by atoms with Crippen molar-refractivity contribution >= 4 is 0 Å². The predicted octanol–water partition coefficient (Wildman–Crippen LogP) is 3.78. The summed E-state index contributed by atoms with van der Waals surface area (Å²) in [6.45, 7) is 1.92.